The Bertz CT molecular complexity index is 355. The minimum Gasteiger partial charge on any atom is -0.508 e. The number of nitrogens with one attached hydrogen (secondary N) is 1. The van der Waals surface area contributed by atoms with E-state index in [1.165, 1.54) is 0 Å². The van der Waals surface area contributed by atoms with Crippen molar-refractivity contribution in [1.29, 1.82) is 0 Å². The number of amides is 1. The summed E-state index contributed by atoms with van der Waals surface area (Å²) >= 11 is 5.88. The molecule has 1 aromatic carbocycles. The lowest BCUT2D eigenvalue weighted by Gasteiger charge is -2.08. The number of carbonyl (C=O) groups is 1. The molecule has 0 bridgehead atoms. The zero-order valence-electron chi connectivity index (χ0n) is 9.24. The molecule has 1 unspecified atom stereocenters. The van der Waals surface area contributed by atoms with Crippen molar-refractivity contribution in [3.05, 3.63) is 29.8 Å². The molecule has 1 rings (SSSR count). The van der Waals surface area contributed by atoms with Gasteiger partial charge in [0.25, 0.3) is 0 Å². The zero-order chi connectivity index (χ0) is 12.0. The Morgan fingerprint density at radius 2 is 2.31 bits per heavy atom. The van der Waals surface area contributed by atoms with Crippen molar-refractivity contribution >= 4 is 17.5 Å². The molecule has 0 spiro atoms. The van der Waals surface area contributed by atoms with Gasteiger partial charge in [0, 0.05) is 6.54 Å². The molecule has 0 radical (unpaired) electrons. The first-order valence-electron chi connectivity index (χ1n) is 5.30. The summed E-state index contributed by atoms with van der Waals surface area (Å²) in [5.41, 5.74) is 0.792. The Balaban J connectivity index is 2.40. The highest BCUT2D eigenvalue weighted by Gasteiger charge is 2.06. The van der Waals surface area contributed by atoms with Crippen molar-refractivity contribution in [3.63, 3.8) is 0 Å². The summed E-state index contributed by atoms with van der Waals surface area (Å²) in [6.07, 6.45) is 1.09. The second-order valence-electron chi connectivity index (χ2n) is 3.66. The van der Waals surface area contributed by atoms with Crippen molar-refractivity contribution in [2.45, 2.75) is 25.1 Å². The summed E-state index contributed by atoms with van der Waals surface area (Å²) in [7, 11) is 0. The molecule has 4 heteroatoms. The fourth-order valence-corrected chi connectivity index (χ4v) is 1.36. The van der Waals surface area contributed by atoms with Gasteiger partial charge in [-0.15, -0.1) is 11.6 Å². The Kier molecular flexibility index (Phi) is 5.12. The molecule has 88 valence electrons. The van der Waals surface area contributed by atoms with E-state index in [0.717, 1.165) is 12.0 Å². The lowest BCUT2D eigenvalue weighted by Crippen LogP contribution is -2.30. The SMILES string of the molecule is CCC(Cl)CNC(=O)Cc1cccc(O)c1. The molecule has 2 N–H and O–H groups in total. The molecule has 0 fully saturated rings. The van der Waals surface area contributed by atoms with Crippen LogP contribution in [0.25, 0.3) is 0 Å². The number of halogens is 1. The van der Waals surface area contributed by atoms with Crippen molar-refractivity contribution < 1.29 is 9.90 Å². The smallest absolute Gasteiger partial charge is 0.224 e. The van der Waals surface area contributed by atoms with Crippen LogP contribution in [-0.4, -0.2) is 22.9 Å². The van der Waals surface area contributed by atoms with E-state index in [1.807, 2.05) is 6.92 Å². The normalized spacial score (nSPS) is 12.1. The molecule has 1 aromatic rings. The van der Waals surface area contributed by atoms with E-state index < -0.39 is 0 Å². The van der Waals surface area contributed by atoms with E-state index in [9.17, 15) is 9.90 Å². The van der Waals surface area contributed by atoms with Crippen LogP contribution in [0.4, 0.5) is 0 Å². The second-order valence-corrected chi connectivity index (χ2v) is 4.27. The summed E-state index contributed by atoms with van der Waals surface area (Å²) < 4.78 is 0. The standard InChI is InChI=1S/C12H16ClNO2/c1-2-10(13)8-14-12(16)7-9-4-3-5-11(15)6-9/h3-6,10,15H,2,7-8H2,1H3,(H,14,16). The Morgan fingerprint density at radius 3 is 2.94 bits per heavy atom. The fourth-order valence-electron chi connectivity index (χ4n) is 1.28. The van der Waals surface area contributed by atoms with Crippen molar-refractivity contribution in [1.82, 2.24) is 5.32 Å². The number of hydrogen-bond acceptors (Lipinski definition) is 2. The minimum atomic E-state index is -0.0790. The fraction of sp³-hybridized carbons (Fsp3) is 0.417. The molecule has 0 saturated heterocycles. The molecule has 0 aliphatic rings. The monoisotopic (exact) mass is 241 g/mol. The molecule has 0 heterocycles. The van der Waals surface area contributed by atoms with E-state index in [-0.39, 0.29) is 23.5 Å². The highest BCUT2D eigenvalue weighted by atomic mass is 35.5. The summed E-state index contributed by atoms with van der Waals surface area (Å²) in [5, 5.41) is 12.0. The summed E-state index contributed by atoms with van der Waals surface area (Å²) in [6.45, 7) is 2.45. The van der Waals surface area contributed by atoms with Crippen LogP contribution in [0.2, 0.25) is 0 Å². The number of aromatic hydroxyl groups is 1. The van der Waals surface area contributed by atoms with Gasteiger partial charge in [0.2, 0.25) is 5.91 Å². The predicted molar refractivity (Wildman–Crippen MR) is 64.8 cm³/mol. The number of hydrogen-bond donors (Lipinski definition) is 2. The van der Waals surface area contributed by atoms with E-state index in [1.54, 1.807) is 24.3 Å². The average Bonchev–Trinajstić information content (AvgIpc) is 2.26. The van der Waals surface area contributed by atoms with Crippen LogP contribution in [0, 0.1) is 0 Å². The minimum absolute atomic E-state index is 0.0203. The summed E-state index contributed by atoms with van der Waals surface area (Å²) in [4.78, 5) is 11.5. The third kappa shape index (κ3) is 4.53. The third-order valence-electron chi connectivity index (χ3n) is 2.24. The second kappa shape index (κ2) is 6.38. The van der Waals surface area contributed by atoms with Crippen LogP contribution >= 0.6 is 11.6 Å². The van der Waals surface area contributed by atoms with Gasteiger partial charge in [-0.25, -0.2) is 0 Å². The summed E-state index contributed by atoms with van der Waals surface area (Å²) in [5.74, 6) is 0.0961. The van der Waals surface area contributed by atoms with Crippen molar-refractivity contribution in [3.8, 4) is 5.75 Å². The van der Waals surface area contributed by atoms with Gasteiger partial charge in [-0.2, -0.15) is 0 Å². The molecule has 0 aliphatic carbocycles. The molecule has 0 aromatic heterocycles. The molecule has 0 aliphatic heterocycles. The number of benzene rings is 1. The first-order chi connectivity index (χ1) is 7.61. The Morgan fingerprint density at radius 1 is 1.56 bits per heavy atom. The number of carbonyl (C=O) groups excluding carboxylic acids is 1. The maximum atomic E-state index is 11.5. The number of phenolic OH excluding ortho intramolecular Hbond substituents is 1. The van der Waals surface area contributed by atoms with Crippen LogP contribution in [-0.2, 0) is 11.2 Å². The molecular weight excluding hydrogens is 226 g/mol. The summed E-state index contributed by atoms with van der Waals surface area (Å²) in [6, 6.07) is 6.68. The van der Waals surface area contributed by atoms with E-state index in [0.29, 0.717) is 6.54 Å². The highest BCUT2D eigenvalue weighted by molar-refractivity contribution is 6.20. The Labute approximate surface area is 100 Å². The van der Waals surface area contributed by atoms with E-state index >= 15 is 0 Å². The van der Waals surface area contributed by atoms with Gasteiger partial charge in [0.1, 0.15) is 5.75 Å². The molecule has 1 atom stereocenters. The lowest BCUT2D eigenvalue weighted by atomic mass is 10.1. The molecule has 3 nitrogen and oxygen atoms in total. The molecule has 1 amide bonds. The number of alkyl halides is 1. The van der Waals surface area contributed by atoms with Gasteiger partial charge in [0.15, 0.2) is 0 Å². The van der Waals surface area contributed by atoms with E-state index in [2.05, 4.69) is 5.32 Å². The van der Waals surface area contributed by atoms with Crippen LogP contribution in [0.1, 0.15) is 18.9 Å². The number of rotatable bonds is 5. The molecular formula is C12H16ClNO2. The Hall–Kier alpha value is -1.22. The molecule has 0 saturated carbocycles. The zero-order valence-corrected chi connectivity index (χ0v) is 10.00. The van der Waals surface area contributed by atoms with Crippen LogP contribution < -0.4 is 5.32 Å². The largest absolute Gasteiger partial charge is 0.508 e. The quantitative estimate of drug-likeness (QED) is 0.776. The van der Waals surface area contributed by atoms with Gasteiger partial charge >= 0.3 is 0 Å². The van der Waals surface area contributed by atoms with Crippen molar-refractivity contribution in [2.75, 3.05) is 6.54 Å². The van der Waals surface area contributed by atoms with Crippen LogP contribution in [0.3, 0.4) is 0 Å². The number of phenols is 1. The lowest BCUT2D eigenvalue weighted by molar-refractivity contribution is -0.120. The van der Waals surface area contributed by atoms with E-state index in [4.69, 9.17) is 11.6 Å². The predicted octanol–water partition coefficient (Wildman–Crippen LogP) is 2.07. The highest BCUT2D eigenvalue weighted by Crippen LogP contribution is 2.11. The average molecular weight is 242 g/mol. The molecule has 16 heavy (non-hydrogen) atoms. The van der Waals surface area contributed by atoms with Gasteiger partial charge in [-0.05, 0) is 24.1 Å². The first-order valence-corrected chi connectivity index (χ1v) is 5.74. The van der Waals surface area contributed by atoms with Gasteiger partial charge in [-0.3, -0.25) is 4.79 Å². The maximum Gasteiger partial charge on any atom is 0.224 e. The van der Waals surface area contributed by atoms with Crippen molar-refractivity contribution in [2.24, 2.45) is 0 Å². The van der Waals surface area contributed by atoms with Gasteiger partial charge in [-0.1, -0.05) is 19.1 Å². The van der Waals surface area contributed by atoms with Gasteiger partial charge < -0.3 is 10.4 Å². The first kappa shape index (κ1) is 12.8. The third-order valence-corrected chi connectivity index (χ3v) is 2.70. The maximum absolute atomic E-state index is 11.5. The van der Waals surface area contributed by atoms with Crippen LogP contribution in [0.15, 0.2) is 24.3 Å². The van der Waals surface area contributed by atoms with Crippen LogP contribution in [0.5, 0.6) is 5.75 Å². The van der Waals surface area contributed by atoms with Gasteiger partial charge in [0.05, 0.1) is 11.8 Å². The topological polar surface area (TPSA) is 49.3 Å².